The van der Waals surface area contributed by atoms with Crippen LogP contribution in [-0.4, -0.2) is 30.5 Å². The van der Waals surface area contributed by atoms with Crippen molar-refractivity contribution in [2.24, 2.45) is 5.73 Å². The fourth-order valence-corrected chi connectivity index (χ4v) is 1.22. The van der Waals surface area contributed by atoms with E-state index in [9.17, 15) is 0 Å². The van der Waals surface area contributed by atoms with Gasteiger partial charge in [-0.25, -0.2) is 0 Å². The van der Waals surface area contributed by atoms with Crippen molar-refractivity contribution < 1.29 is 9.84 Å². The van der Waals surface area contributed by atoms with Gasteiger partial charge in [0.15, 0.2) is 0 Å². The van der Waals surface area contributed by atoms with Gasteiger partial charge in [0.25, 0.3) is 0 Å². The monoisotopic (exact) mass is 145 g/mol. The molecule has 1 aliphatic rings. The lowest BCUT2D eigenvalue weighted by Crippen LogP contribution is -2.41. The van der Waals surface area contributed by atoms with Gasteiger partial charge in [-0.3, -0.25) is 0 Å². The summed E-state index contributed by atoms with van der Waals surface area (Å²) < 4.78 is 5.35. The molecule has 1 aliphatic heterocycles. The van der Waals surface area contributed by atoms with E-state index in [0.29, 0.717) is 0 Å². The summed E-state index contributed by atoms with van der Waals surface area (Å²) in [5.41, 5.74) is 5.57. The smallest absolute Gasteiger partial charge is 0.0748 e. The van der Waals surface area contributed by atoms with Crippen LogP contribution in [0.3, 0.4) is 0 Å². The van der Waals surface area contributed by atoms with Crippen molar-refractivity contribution in [2.75, 3.05) is 13.2 Å². The molecule has 0 bridgehead atoms. The highest BCUT2D eigenvalue weighted by Crippen LogP contribution is 2.14. The van der Waals surface area contributed by atoms with E-state index in [-0.39, 0.29) is 18.8 Å². The summed E-state index contributed by atoms with van der Waals surface area (Å²) in [5, 5.41) is 8.68. The maximum atomic E-state index is 8.68. The van der Waals surface area contributed by atoms with E-state index in [0.717, 1.165) is 19.4 Å². The molecule has 1 rings (SSSR count). The second kappa shape index (κ2) is 3.91. The molecule has 2 atom stereocenters. The molecule has 3 nitrogen and oxygen atoms in total. The van der Waals surface area contributed by atoms with E-state index < -0.39 is 0 Å². The third-order valence-electron chi connectivity index (χ3n) is 1.90. The first-order valence-electron chi connectivity index (χ1n) is 3.82. The molecule has 0 aromatic rings. The van der Waals surface area contributed by atoms with Crippen molar-refractivity contribution in [3.8, 4) is 0 Å². The Morgan fingerprint density at radius 2 is 2.40 bits per heavy atom. The second-order valence-corrected chi connectivity index (χ2v) is 2.75. The van der Waals surface area contributed by atoms with Gasteiger partial charge in [-0.15, -0.1) is 0 Å². The standard InChI is InChI=1S/C7H15NO2/c8-6(5-9)7-3-1-2-4-10-7/h6-7,9H,1-5,8H2. The molecule has 1 saturated heterocycles. The van der Waals surface area contributed by atoms with E-state index >= 15 is 0 Å². The molecule has 0 aromatic heterocycles. The van der Waals surface area contributed by atoms with Crippen molar-refractivity contribution in [2.45, 2.75) is 31.4 Å². The Morgan fingerprint density at radius 1 is 1.60 bits per heavy atom. The number of rotatable bonds is 2. The summed E-state index contributed by atoms with van der Waals surface area (Å²) in [5.74, 6) is 0. The van der Waals surface area contributed by atoms with Crippen molar-refractivity contribution >= 4 is 0 Å². The molecule has 10 heavy (non-hydrogen) atoms. The van der Waals surface area contributed by atoms with Gasteiger partial charge >= 0.3 is 0 Å². The SMILES string of the molecule is NC(CO)C1CCCCO1. The number of ether oxygens (including phenoxy) is 1. The van der Waals surface area contributed by atoms with Crippen molar-refractivity contribution in [3.05, 3.63) is 0 Å². The van der Waals surface area contributed by atoms with Gasteiger partial charge in [0.1, 0.15) is 0 Å². The van der Waals surface area contributed by atoms with E-state index in [4.69, 9.17) is 15.6 Å². The van der Waals surface area contributed by atoms with Gasteiger partial charge in [-0.2, -0.15) is 0 Å². The minimum Gasteiger partial charge on any atom is -0.395 e. The van der Waals surface area contributed by atoms with Crippen molar-refractivity contribution in [1.29, 1.82) is 0 Å². The average Bonchev–Trinajstić information content (AvgIpc) is 2.05. The van der Waals surface area contributed by atoms with Gasteiger partial charge in [-0.1, -0.05) is 0 Å². The molecular formula is C7H15NO2. The van der Waals surface area contributed by atoms with E-state index in [1.807, 2.05) is 0 Å². The molecular weight excluding hydrogens is 130 g/mol. The first-order valence-corrected chi connectivity index (χ1v) is 3.82. The summed E-state index contributed by atoms with van der Waals surface area (Å²) in [4.78, 5) is 0. The maximum absolute atomic E-state index is 8.68. The third kappa shape index (κ3) is 1.94. The zero-order chi connectivity index (χ0) is 7.40. The van der Waals surface area contributed by atoms with Crippen LogP contribution in [0.4, 0.5) is 0 Å². The fraction of sp³-hybridized carbons (Fsp3) is 1.00. The Kier molecular flexibility index (Phi) is 3.12. The largest absolute Gasteiger partial charge is 0.395 e. The van der Waals surface area contributed by atoms with Crippen molar-refractivity contribution in [1.82, 2.24) is 0 Å². The van der Waals surface area contributed by atoms with Crippen LogP contribution >= 0.6 is 0 Å². The minimum absolute atomic E-state index is 0.0324. The Balaban J connectivity index is 2.24. The molecule has 1 heterocycles. The van der Waals surface area contributed by atoms with Crippen LogP contribution in [0.5, 0.6) is 0 Å². The highest BCUT2D eigenvalue weighted by atomic mass is 16.5. The van der Waals surface area contributed by atoms with Gasteiger partial charge < -0.3 is 15.6 Å². The molecule has 3 heteroatoms. The molecule has 0 spiro atoms. The average molecular weight is 145 g/mol. The highest BCUT2D eigenvalue weighted by Gasteiger charge is 2.19. The van der Waals surface area contributed by atoms with Crippen LogP contribution < -0.4 is 5.73 Å². The predicted molar refractivity (Wildman–Crippen MR) is 38.7 cm³/mol. The topological polar surface area (TPSA) is 55.5 Å². The van der Waals surface area contributed by atoms with E-state index in [2.05, 4.69) is 0 Å². The first kappa shape index (κ1) is 7.98. The molecule has 0 saturated carbocycles. The first-order chi connectivity index (χ1) is 4.84. The van der Waals surface area contributed by atoms with Gasteiger partial charge in [-0.05, 0) is 19.3 Å². The number of nitrogens with two attached hydrogens (primary N) is 1. The summed E-state index contributed by atoms with van der Waals surface area (Å²) in [6.45, 7) is 0.836. The van der Waals surface area contributed by atoms with Crippen molar-refractivity contribution in [3.63, 3.8) is 0 Å². The molecule has 0 aliphatic carbocycles. The molecule has 60 valence electrons. The fourth-order valence-electron chi connectivity index (χ4n) is 1.22. The Bertz CT molecular complexity index is 91.6. The predicted octanol–water partition coefficient (Wildman–Crippen LogP) is -0.125. The van der Waals surface area contributed by atoms with Crippen LogP contribution in [-0.2, 0) is 4.74 Å². The molecule has 3 N–H and O–H groups in total. The third-order valence-corrected chi connectivity index (χ3v) is 1.90. The normalized spacial score (nSPS) is 30.0. The second-order valence-electron chi connectivity index (χ2n) is 2.75. The molecule has 0 amide bonds. The highest BCUT2D eigenvalue weighted by molar-refractivity contribution is 4.74. The number of hydrogen-bond donors (Lipinski definition) is 2. The van der Waals surface area contributed by atoms with Crippen LogP contribution in [0.2, 0.25) is 0 Å². The molecule has 0 radical (unpaired) electrons. The van der Waals surface area contributed by atoms with Crippen LogP contribution in [0.25, 0.3) is 0 Å². The lowest BCUT2D eigenvalue weighted by atomic mass is 10.0. The molecule has 2 unspecified atom stereocenters. The zero-order valence-corrected chi connectivity index (χ0v) is 6.12. The number of aliphatic hydroxyl groups excluding tert-OH is 1. The lowest BCUT2D eigenvalue weighted by molar-refractivity contribution is -0.0104. The quantitative estimate of drug-likeness (QED) is 0.569. The minimum atomic E-state index is -0.180. The van der Waals surface area contributed by atoms with Crippen LogP contribution in [0.15, 0.2) is 0 Å². The van der Waals surface area contributed by atoms with Gasteiger partial charge in [0.05, 0.1) is 18.8 Å². The maximum Gasteiger partial charge on any atom is 0.0748 e. The Labute approximate surface area is 61.2 Å². The van der Waals surface area contributed by atoms with E-state index in [1.54, 1.807) is 0 Å². The zero-order valence-electron chi connectivity index (χ0n) is 6.12. The van der Waals surface area contributed by atoms with Gasteiger partial charge in [0, 0.05) is 6.61 Å². The molecule has 0 aromatic carbocycles. The van der Waals surface area contributed by atoms with Crippen LogP contribution in [0, 0.1) is 0 Å². The van der Waals surface area contributed by atoms with Crippen LogP contribution in [0.1, 0.15) is 19.3 Å². The molecule has 1 fully saturated rings. The summed E-state index contributed by atoms with van der Waals surface area (Å²) >= 11 is 0. The summed E-state index contributed by atoms with van der Waals surface area (Å²) in [6.07, 6.45) is 3.41. The van der Waals surface area contributed by atoms with Gasteiger partial charge in [0.2, 0.25) is 0 Å². The van der Waals surface area contributed by atoms with E-state index in [1.165, 1.54) is 6.42 Å². The summed E-state index contributed by atoms with van der Waals surface area (Å²) in [6, 6.07) is -0.180. The Hall–Kier alpha value is -0.120. The number of hydrogen-bond acceptors (Lipinski definition) is 3. The Morgan fingerprint density at radius 3 is 2.90 bits per heavy atom. The lowest BCUT2D eigenvalue weighted by Gasteiger charge is -2.26. The summed E-state index contributed by atoms with van der Waals surface area (Å²) in [7, 11) is 0. The number of aliphatic hydroxyl groups is 1.